The molecule has 0 spiro atoms. The van der Waals surface area contributed by atoms with Crippen LogP contribution in [0.2, 0.25) is 0 Å². The number of rotatable bonds is 5. The molecule has 3 aliphatic heterocycles. The number of carbonyl (C=O) groups is 1. The molecule has 1 aromatic rings. The predicted molar refractivity (Wildman–Crippen MR) is 84.4 cm³/mol. The Morgan fingerprint density at radius 1 is 1.14 bits per heavy atom. The first kappa shape index (κ1) is 15.3. The zero-order valence-corrected chi connectivity index (χ0v) is 12.8. The highest BCUT2D eigenvalue weighted by Gasteiger charge is 2.31. The van der Waals surface area contributed by atoms with Crippen LogP contribution in [-0.2, 0) is 13.2 Å². The van der Waals surface area contributed by atoms with Crippen molar-refractivity contribution < 1.29 is 9.90 Å². The molecule has 1 atom stereocenters. The van der Waals surface area contributed by atoms with E-state index in [1.54, 1.807) is 0 Å². The summed E-state index contributed by atoms with van der Waals surface area (Å²) in [5, 5.41) is 15.1. The SMILES string of the molecule is O=C(NCc1ccccc1CO)NCC1CN2CCN1CC2. The predicted octanol–water partition coefficient (Wildman–Crippen LogP) is -0.0221. The van der Waals surface area contributed by atoms with E-state index >= 15 is 0 Å². The average Bonchev–Trinajstić information content (AvgIpc) is 2.59. The zero-order valence-electron chi connectivity index (χ0n) is 12.8. The van der Waals surface area contributed by atoms with Crippen LogP contribution in [-0.4, -0.2) is 66.2 Å². The molecule has 120 valence electrons. The van der Waals surface area contributed by atoms with Crippen molar-refractivity contribution in [1.82, 2.24) is 20.4 Å². The Hall–Kier alpha value is -1.63. The Morgan fingerprint density at radius 2 is 1.86 bits per heavy atom. The number of benzene rings is 1. The van der Waals surface area contributed by atoms with E-state index in [1.807, 2.05) is 24.3 Å². The number of piperazine rings is 3. The van der Waals surface area contributed by atoms with Crippen LogP contribution in [0.25, 0.3) is 0 Å². The van der Waals surface area contributed by atoms with Crippen LogP contribution in [0, 0.1) is 0 Å². The minimum absolute atomic E-state index is 0.00760. The Bertz CT molecular complexity index is 515. The van der Waals surface area contributed by atoms with Crippen molar-refractivity contribution in [2.75, 3.05) is 39.3 Å². The van der Waals surface area contributed by atoms with E-state index in [2.05, 4.69) is 20.4 Å². The number of amides is 2. The van der Waals surface area contributed by atoms with Gasteiger partial charge in [-0.15, -0.1) is 0 Å². The minimum Gasteiger partial charge on any atom is -0.392 e. The van der Waals surface area contributed by atoms with Gasteiger partial charge in [0, 0.05) is 51.9 Å². The van der Waals surface area contributed by atoms with Gasteiger partial charge in [0.15, 0.2) is 0 Å². The van der Waals surface area contributed by atoms with Gasteiger partial charge in [0.25, 0.3) is 0 Å². The fraction of sp³-hybridized carbons (Fsp3) is 0.562. The van der Waals surface area contributed by atoms with E-state index in [-0.39, 0.29) is 12.6 Å². The average molecular weight is 304 g/mol. The van der Waals surface area contributed by atoms with Crippen molar-refractivity contribution in [3.8, 4) is 0 Å². The molecule has 3 saturated heterocycles. The summed E-state index contributed by atoms with van der Waals surface area (Å²) in [4.78, 5) is 16.9. The standard InChI is InChI=1S/C16H24N4O2/c21-12-14-4-2-1-3-13(14)9-17-16(22)18-10-15-11-19-5-7-20(15)8-6-19/h1-4,15,21H,5-12H2,(H2,17,18,22). The summed E-state index contributed by atoms with van der Waals surface area (Å²) in [5.41, 5.74) is 1.80. The maximum Gasteiger partial charge on any atom is 0.315 e. The fourth-order valence-electron chi connectivity index (χ4n) is 3.25. The van der Waals surface area contributed by atoms with E-state index < -0.39 is 0 Å². The second-order valence-electron chi connectivity index (χ2n) is 5.98. The summed E-state index contributed by atoms with van der Waals surface area (Å²) in [6.45, 7) is 6.68. The van der Waals surface area contributed by atoms with Gasteiger partial charge in [-0.1, -0.05) is 24.3 Å². The summed E-state index contributed by atoms with van der Waals surface area (Å²) in [6.07, 6.45) is 0. The number of carbonyl (C=O) groups excluding carboxylic acids is 1. The number of aliphatic hydroxyl groups excluding tert-OH is 1. The van der Waals surface area contributed by atoms with E-state index in [0.29, 0.717) is 19.1 Å². The van der Waals surface area contributed by atoms with Gasteiger partial charge in [-0.05, 0) is 11.1 Å². The molecule has 0 aromatic heterocycles. The van der Waals surface area contributed by atoms with Crippen molar-refractivity contribution in [1.29, 1.82) is 0 Å². The number of hydrogen-bond acceptors (Lipinski definition) is 4. The number of aliphatic hydroxyl groups is 1. The topological polar surface area (TPSA) is 67.8 Å². The molecule has 2 amide bonds. The lowest BCUT2D eigenvalue weighted by Gasteiger charge is -2.47. The highest BCUT2D eigenvalue weighted by Crippen LogP contribution is 2.14. The molecule has 6 heteroatoms. The van der Waals surface area contributed by atoms with Crippen LogP contribution in [0.1, 0.15) is 11.1 Å². The molecule has 2 bridgehead atoms. The van der Waals surface area contributed by atoms with Gasteiger partial charge < -0.3 is 15.7 Å². The van der Waals surface area contributed by atoms with E-state index in [1.165, 1.54) is 0 Å². The first-order valence-corrected chi connectivity index (χ1v) is 7.92. The lowest BCUT2D eigenvalue weighted by atomic mass is 10.1. The maximum absolute atomic E-state index is 11.9. The van der Waals surface area contributed by atoms with E-state index in [0.717, 1.165) is 43.9 Å². The first-order chi connectivity index (χ1) is 10.8. The summed E-state index contributed by atoms with van der Waals surface area (Å²) in [6, 6.07) is 7.87. The number of nitrogens with zero attached hydrogens (tertiary/aromatic N) is 2. The first-order valence-electron chi connectivity index (χ1n) is 7.92. The Morgan fingerprint density at radius 3 is 2.50 bits per heavy atom. The van der Waals surface area contributed by atoms with E-state index in [4.69, 9.17) is 0 Å². The lowest BCUT2D eigenvalue weighted by molar-refractivity contribution is 0.0148. The molecular weight excluding hydrogens is 280 g/mol. The van der Waals surface area contributed by atoms with Crippen molar-refractivity contribution in [2.24, 2.45) is 0 Å². The van der Waals surface area contributed by atoms with Crippen molar-refractivity contribution >= 4 is 6.03 Å². The Labute approximate surface area is 131 Å². The van der Waals surface area contributed by atoms with Gasteiger partial charge in [0.1, 0.15) is 0 Å². The third kappa shape index (κ3) is 3.58. The molecule has 1 aromatic carbocycles. The monoisotopic (exact) mass is 304 g/mol. The van der Waals surface area contributed by atoms with Crippen LogP contribution in [0.15, 0.2) is 24.3 Å². The lowest BCUT2D eigenvalue weighted by Crippen LogP contribution is -2.63. The highest BCUT2D eigenvalue weighted by atomic mass is 16.3. The van der Waals surface area contributed by atoms with Gasteiger partial charge in [-0.3, -0.25) is 9.80 Å². The molecule has 3 heterocycles. The fourth-order valence-corrected chi connectivity index (χ4v) is 3.25. The van der Waals surface area contributed by atoms with Crippen molar-refractivity contribution in [3.63, 3.8) is 0 Å². The van der Waals surface area contributed by atoms with Crippen molar-refractivity contribution in [3.05, 3.63) is 35.4 Å². The van der Waals surface area contributed by atoms with Gasteiger partial charge >= 0.3 is 6.03 Å². The number of urea groups is 1. The Balaban J connectivity index is 1.43. The molecule has 6 nitrogen and oxygen atoms in total. The van der Waals surface area contributed by atoms with Crippen LogP contribution in [0.3, 0.4) is 0 Å². The van der Waals surface area contributed by atoms with Crippen LogP contribution in [0.4, 0.5) is 4.79 Å². The number of nitrogens with one attached hydrogen (secondary N) is 2. The molecule has 1 unspecified atom stereocenters. The molecular formula is C16H24N4O2. The number of fused-ring (bicyclic) bond motifs is 3. The quantitative estimate of drug-likeness (QED) is 0.715. The second-order valence-corrected chi connectivity index (χ2v) is 5.98. The Kier molecular flexibility index (Phi) is 4.92. The largest absolute Gasteiger partial charge is 0.392 e. The molecule has 0 saturated carbocycles. The zero-order chi connectivity index (χ0) is 15.4. The normalized spacial score (nSPS) is 26.7. The van der Waals surface area contributed by atoms with Crippen molar-refractivity contribution in [2.45, 2.75) is 19.2 Å². The molecule has 3 aliphatic rings. The molecule has 0 radical (unpaired) electrons. The minimum atomic E-state index is -0.148. The molecule has 4 rings (SSSR count). The van der Waals surface area contributed by atoms with Gasteiger partial charge in [-0.2, -0.15) is 0 Å². The third-order valence-electron chi connectivity index (χ3n) is 4.62. The van der Waals surface area contributed by atoms with Gasteiger partial charge in [0.05, 0.1) is 6.61 Å². The highest BCUT2D eigenvalue weighted by molar-refractivity contribution is 5.73. The third-order valence-corrected chi connectivity index (χ3v) is 4.62. The summed E-state index contributed by atoms with van der Waals surface area (Å²) in [5.74, 6) is 0. The van der Waals surface area contributed by atoms with Crippen LogP contribution >= 0.6 is 0 Å². The van der Waals surface area contributed by atoms with Crippen LogP contribution in [0.5, 0.6) is 0 Å². The summed E-state index contributed by atoms with van der Waals surface area (Å²) in [7, 11) is 0. The maximum atomic E-state index is 11.9. The van der Waals surface area contributed by atoms with Gasteiger partial charge in [-0.25, -0.2) is 4.79 Å². The van der Waals surface area contributed by atoms with Crippen LogP contribution < -0.4 is 10.6 Å². The smallest absolute Gasteiger partial charge is 0.315 e. The molecule has 3 N–H and O–H groups in total. The molecule has 22 heavy (non-hydrogen) atoms. The summed E-state index contributed by atoms with van der Waals surface area (Å²) < 4.78 is 0. The molecule has 3 fully saturated rings. The van der Waals surface area contributed by atoms with Gasteiger partial charge in [0.2, 0.25) is 0 Å². The summed E-state index contributed by atoms with van der Waals surface area (Å²) >= 11 is 0. The molecule has 0 aliphatic carbocycles. The number of hydrogen-bond donors (Lipinski definition) is 3. The second kappa shape index (κ2) is 7.09. The van der Waals surface area contributed by atoms with E-state index in [9.17, 15) is 9.90 Å².